The summed E-state index contributed by atoms with van der Waals surface area (Å²) in [5, 5.41) is 9.10. The van der Waals surface area contributed by atoms with Crippen molar-refractivity contribution in [2.45, 2.75) is 71.6 Å². The molecule has 0 aromatic rings. The number of rotatable bonds is 2. The summed E-state index contributed by atoms with van der Waals surface area (Å²) in [6.07, 6.45) is 11.1. The first-order valence-electron chi connectivity index (χ1n) is 9.77. The van der Waals surface area contributed by atoms with Crippen molar-refractivity contribution in [3.8, 4) is 0 Å². The van der Waals surface area contributed by atoms with E-state index >= 15 is 0 Å². The van der Waals surface area contributed by atoms with Crippen LogP contribution in [-0.2, 0) is 9.59 Å². The van der Waals surface area contributed by atoms with Crippen molar-refractivity contribution in [1.82, 2.24) is 0 Å². The van der Waals surface area contributed by atoms with Gasteiger partial charge >= 0.3 is 5.97 Å². The Kier molecular flexibility index (Phi) is 3.71. The van der Waals surface area contributed by atoms with Crippen LogP contribution in [0.4, 0.5) is 0 Å². The van der Waals surface area contributed by atoms with Crippen molar-refractivity contribution >= 4 is 11.8 Å². The molecule has 4 aliphatic rings. The second-order valence-corrected chi connectivity index (χ2v) is 9.42. The average molecular weight is 330 g/mol. The molecule has 6 unspecified atom stereocenters. The first-order valence-corrected chi connectivity index (χ1v) is 9.77. The van der Waals surface area contributed by atoms with Crippen LogP contribution >= 0.6 is 0 Å². The molecule has 0 aromatic heterocycles. The lowest BCUT2D eigenvalue weighted by Crippen LogP contribution is -2.52. The molecule has 1 N–H and O–H groups in total. The zero-order valence-electron chi connectivity index (χ0n) is 15.0. The van der Waals surface area contributed by atoms with E-state index in [0.717, 1.165) is 43.6 Å². The largest absolute Gasteiger partial charge is 0.481 e. The zero-order chi connectivity index (χ0) is 17.1. The highest BCUT2D eigenvalue weighted by molar-refractivity contribution is 5.87. The Morgan fingerprint density at radius 3 is 2.75 bits per heavy atom. The number of carbonyl (C=O) groups excluding carboxylic acids is 1. The van der Waals surface area contributed by atoms with Gasteiger partial charge in [0.05, 0.1) is 6.42 Å². The van der Waals surface area contributed by atoms with E-state index in [9.17, 15) is 9.59 Å². The highest BCUT2D eigenvalue weighted by atomic mass is 16.4. The third kappa shape index (κ3) is 2.23. The van der Waals surface area contributed by atoms with E-state index in [1.165, 1.54) is 19.3 Å². The molecule has 4 rings (SSSR count). The fourth-order valence-electron chi connectivity index (χ4n) is 7.06. The number of hydrogen-bond donors (Lipinski definition) is 1. The van der Waals surface area contributed by atoms with Gasteiger partial charge in [0, 0.05) is 11.8 Å². The molecule has 3 nitrogen and oxygen atoms in total. The van der Waals surface area contributed by atoms with Crippen molar-refractivity contribution in [3.63, 3.8) is 0 Å². The van der Waals surface area contributed by atoms with Crippen molar-refractivity contribution in [2.75, 3.05) is 0 Å². The smallest absolute Gasteiger partial charge is 0.307 e. The van der Waals surface area contributed by atoms with Gasteiger partial charge in [-0.1, -0.05) is 25.5 Å². The Labute approximate surface area is 144 Å². The Morgan fingerprint density at radius 1 is 1.21 bits per heavy atom. The lowest BCUT2D eigenvalue weighted by Gasteiger charge is -2.59. The van der Waals surface area contributed by atoms with Crippen LogP contribution in [0.2, 0.25) is 0 Å². The molecule has 0 amide bonds. The van der Waals surface area contributed by atoms with Gasteiger partial charge in [-0.15, -0.1) is 0 Å². The number of Topliss-reactive ketones (excluding diaryl/α,β-unsaturated/α-hetero) is 1. The SMILES string of the molecule is CC12CCC3C(CCC4CC(CC(=O)O)=CCC43C)C1CCC2=O. The summed E-state index contributed by atoms with van der Waals surface area (Å²) in [5.74, 6) is 2.50. The maximum Gasteiger partial charge on any atom is 0.307 e. The summed E-state index contributed by atoms with van der Waals surface area (Å²) in [6.45, 7) is 4.70. The standard InChI is InChI=1S/C21H30O3/c1-20-9-7-13(12-19(23)24)11-14(20)3-4-15-16-5-6-18(22)21(16,2)10-8-17(15)20/h7,14-17H,3-6,8-12H2,1-2H3,(H,23,24). The highest BCUT2D eigenvalue weighted by Gasteiger charge is 2.59. The molecule has 0 bridgehead atoms. The maximum absolute atomic E-state index is 12.4. The fraction of sp³-hybridized carbons (Fsp3) is 0.810. The topological polar surface area (TPSA) is 54.4 Å². The third-order valence-corrected chi connectivity index (χ3v) is 8.49. The molecule has 0 aliphatic heterocycles. The molecule has 0 saturated heterocycles. The minimum absolute atomic E-state index is 0.0384. The van der Waals surface area contributed by atoms with E-state index < -0.39 is 5.97 Å². The molecule has 3 heteroatoms. The molecule has 0 aromatic carbocycles. The van der Waals surface area contributed by atoms with Crippen molar-refractivity contribution < 1.29 is 14.7 Å². The van der Waals surface area contributed by atoms with Crippen LogP contribution in [0.25, 0.3) is 0 Å². The normalized spacial score (nSPS) is 47.4. The highest BCUT2D eigenvalue weighted by Crippen LogP contribution is 2.65. The third-order valence-electron chi connectivity index (χ3n) is 8.49. The number of carboxylic acid groups (broad SMARTS) is 1. The summed E-state index contributed by atoms with van der Waals surface area (Å²) in [5.41, 5.74) is 1.42. The van der Waals surface area contributed by atoms with Gasteiger partial charge in [-0.3, -0.25) is 9.59 Å². The predicted molar refractivity (Wildman–Crippen MR) is 92.5 cm³/mol. The number of carbonyl (C=O) groups is 2. The van der Waals surface area contributed by atoms with Gasteiger partial charge < -0.3 is 5.11 Å². The predicted octanol–water partition coefficient (Wildman–Crippen LogP) is 4.61. The number of ketones is 1. The zero-order valence-corrected chi connectivity index (χ0v) is 15.0. The molecule has 3 fully saturated rings. The molecule has 0 heterocycles. The van der Waals surface area contributed by atoms with Gasteiger partial charge in [-0.2, -0.15) is 0 Å². The van der Waals surface area contributed by atoms with Crippen LogP contribution < -0.4 is 0 Å². The van der Waals surface area contributed by atoms with Crippen molar-refractivity contribution in [3.05, 3.63) is 11.6 Å². The molecule has 24 heavy (non-hydrogen) atoms. The van der Waals surface area contributed by atoms with Crippen molar-refractivity contribution in [2.24, 2.45) is 34.5 Å². The quantitative estimate of drug-likeness (QED) is 0.752. The summed E-state index contributed by atoms with van der Waals surface area (Å²) in [7, 11) is 0. The van der Waals surface area contributed by atoms with Crippen LogP contribution in [0.1, 0.15) is 71.6 Å². The minimum atomic E-state index is -0.698. The van der Waals surface area contributed by atoms with Crippen LogP contribution in [0.5, 0.6) is 0 Å². The number of aliphatic carboxylic acids is 1. The maximum atomic E-state index is 12.4. The molecule has 0 spiro atoms. The number of allylic oxidation sites excluding steroid dienone is 1. The second-order valence-electron chi connectivity index (χ2n) is 9.42. The Hall–Kier alpha value is -1.12. The molecule has 6 atom stereocenters. The molecular weight excluding hydrogens is 300 g/mol. The number of carboxylic acids is 1. The Balaban J connectivity index is 1.59. The van der Waals surface area contributed by atoms with E-state index in [1.807, 2.05) is 0 Å². The van der Waals surface area contributed by atoms with Crippen LogP contribution in [0.3, 0.4) is 0 Å². The number of hydrogen-bond acceptors (Lipinski definition) is 2. The second kappa shape index (κ2) is 5.44. The van der Waals surface area contributed by atoms with Crippen molar-refractivity contribution in [1.29, 1.82) is 0 Å². The molecule has 4 aliphatic carbocycles. The van der Waals surface area contributed by atoms with E-state index in [0.29, 0.717) is 29.0 Å². The summed E-state index contributed by atoms with van der Waals surface area (Å²) in [4.78, 5) is 23.5. The van der Waals surface area contributed by atoms with Crippen LogP contribution in [-0.4, -0.2) is 16.9 Å². The summed E-state index contributed by atoms with van der Waals surface area (Å²) >= 11 is 0. The summed E-state index contributed by atoms with van der Waals surface area (Å²) < 4.78 is 0. The first-order chi connectivity index (χ1) is 11.3. The van der Waals surface area contributed by atoms with Crippen LogP contribution in [0.15, 0.2) is 11.6 Å². The van der Waals surface area contributed by atoms with Gasteiger partial charge in [0.1, 0.15) is 5.78 Å². The monoisotopic (exact) mass is 330 g/mol. The molecule has 132 valence electrons. The lowest BCUT2D eigenvalue weighted by atomic mass is 9.45. The van der Waals surface area contributed by atoms with Gasteiger partial charge in [0.2, 0.25) is 0 Å². The van der Waals surface area contributed by atoms with Gasteiger partial charge in [0.25, 0.3) is 0 Å². The van der Waals surface area contributed by atoms with Gasteiger partial charge in [0.15, 0.2) is 0 Å². The van der Waals surface area contributed by atoms with Gasteiger partial charge in [-0.05, 0) is 74.0 Å². The van der Waals surface area contributed by atoms with E-state index in [1.54, 1.807) is 0 Å². The minimum Gasteiger partial charge on any atom is -0.481 e. The Morgan fingerprint density at radius 2 is 2.00 bits per heavy atom. The average Bonchev–Trinajstić information content (AvgIpc) is 2.83. The molecule has 0 radical (unpaired) electrons. The molecular formula is C21H30O3. The van der Waals surface area contributed by atoms with Gasteiger partial charge in [-0.25, -0.2) is 0 Å². The lowest BCUT2D eigenvalue weighted by molar-refractivity contribution is -0.137. The van der Waals surface area contributed by atoms with E-state index in [-0.39, 0.29) is 11.8 Å². The first kappa shape index (κ1) is 16.4. The van der Waals surface area contributed by atoms with Crippen LogP contribution in [0, 0.1) is 34.5 Å². The van der Waals surface area contributed by atoms with E-state index in [4.69, 9.17) is 5.11 Å². The Bertz CT molecular complexity index is 606. The number of fused-ring (bicyclic) bond motifs is 5. The summed E-state index contributed by atoms with van der Waals surface area (Å²) in [6, 6.07) is 0. The fourth-order valence-corrected chi connectivity index (χ4v) is 7.06. The van der Waals surface area contributed by atoms with E-state index in [2.05, 4.69) is 19.9 Å². The molecule has 3 saturated carbocycles.